The minimum absolute atomic E-state index is 0.333. The zero-order valence-electron chi connectivity index (χ0n) is 6.06. The van der Waals surface area contributed by atoms with Crippen LogP contribution >= 0.6 is 0 Å². The fourth-order valence-corrected chi connectivity index (χ4v) is 0. The van der Waals surface area contributed by atoms with E-state index < -0.39 is 0 Å². The van der Waals surface area contributed by atoms with E-state index in [0.717, 1.165) is 5.92 Å². The van der Waals surface area contributed by atoms with Crippen LogP contribution in [-0.2, 0) is 4.79 Å². The summed E-state index contributed by atoms with van der Waals surface area (Å²) in [5.41, 5.74) is 4.47. The van der Waals surface area contributed by atoms with Crippen LogP contribution in [0.4, 0.5) is 0 Å². The van der Waals surface area contributed by atoms with Crippen molar-refractivity contribution in [1.82, 2.24) is 0 Å². The lowest BCUT2D eigenvalue weighted by Crippen LogP contribution is -2.01. The van der Waals surface area contributed by atoms with Crippen LogP contribution in [-0.4, -0.2) is 5.91 Å². The first kappa shape index (κ1) is 10.5. The Morgan fingerprint density at radius 2 is 1.38 bits per heavy atom. The molecule has 0 atom stereocenters. The highest BCUT2D eigenvalue weighted by Crippen LogP contribution is 1.81. The Morgan fingerprint density at radius 3 is 1.38 bits per heavy atom. The summed E-state index contributed by atoms with van der Waals surface area (Å²) in [6, 6.07) is 0. The molecule has 0 aliphatic heterocycles. The Morgan fingerprint density at radius 1 is 1.38 bits per heavy atom. The topological polar surface area (TPSA) is 43.1 Å². The van der Waals surface area contributed by atoms with Crippen molar-refractivity contribution in [3.8, 4) is 0 Å². The number of hydrogen-bond donors (Lipinski definition) is 1. The van der Waals surface area contributed by atoms with Gasteiger partial charge in [-0.1, -0.05) is 20.8 Å². The molecule has 0 fully saturated rings. The van der Waals surface area contributed by atoms with Gasteiger partial charge in [0, 0.05) is 6.92 Å². The summed E-state index contributed by atoms with van der Waals surface area (Å²) in [6.45, 7) is 7.81. The summed E-state index contributed by atoms with van der Waals surface area (Å²) in [7, 11) is 0. The van der Waals surface area contributed by atoms with Crippen molar-refractivity contribution in [3.05, 3.63) is 0 Å². The molecular formula is C6H15NO. The number of rotatable bonds is 0. The maximum absolute atomic E-state index is 9.22. The molecule has 0 saturated carbocycles. The number of amides is 1. The summed E-state index contributed by atoms with van der Waals surface area (Å²) in [6.07, 6.45) is 0. The van der Waals surface area contributed by atoms with Gasteiger partial charge in [0.05, 0.1) is 0 Å². The molecule has 2 heteroatoms. The van der Waals surface area contributed by atoms with E-state index in [1.165, 1.54) is 6.92 Å². The summed E-state index contributed by atoms with van der Waals surface area (Å²) in [4.78, 5) is 9.22. The van der Waals surface area contributed by atoms with Gasteiger partial charge < -0.3 is 5.73 Å². The van der Waals surface area contributed by atoms with Crippen LogP contribution in [0.3, 0.4) is 0 Å². The maximum Gasteiger partial charge on any atom is 0.214 e. The average Bonchev–Trinajstić information content (AvgIpc) is 1.25. The van der Waals surface area contributed by atoms with E-state index >= 15 is 0 Å². The predicted molar refractivity (Wildman–Crippen MR) is 35.4 cm³/mol. The van der Waals surface area contributed by atoms with Gasteiger partial charge in [-0.25, -0.2) is 0 Å². The van der Waals surface area contributed by atoms with E-state index in [2.05, 4.69) is 26.5 Å². The molecule has 0 aliphatic rings. The normalized spacial score (nSPS) is 7.62. The third-order valence-corrected chi connectivity index (χ3v) is 0. The molecule has 0 radical (unpaired) electrons. The predicted octanol–water partition coefficient (Wildman–Crippen LogP) is 1.15. The highest BCUT2D eigenvalue weighted by molar-refractivity contribution is 5.70. The smallest absolute Gasteiger partial charge is 0.214 e. The van der Waals surface area contributed by atoms with E-state index in [4.69, 9.17) is 0 Å². The van der Waals surface area contributed by atoms with E-state index in [1.807, 2.05) is 0 Å². The van der Waals surface area contributed by atoms with Crippen LogP contribution in [0.5, 0.6) is 0 Å². The molecule has 50 valence electrons. The average molecular weight is 117 g/mol. The molecule has 0 spiro atoms. The van der Waals surface area contributed by atoms with Crippen molar-refractivity contribution in [2.45, 2.75) is 27.7 Å². The molecule has 0 aliphatic carbocycles. The molecule has 0 saturated heterocycles. The third kappa shape index (κ3) is 389. The molecular weight excluding hydrogens is 102 g/mol. The Kier molecular flexibility index (Phi) is 8.45. The van der Waals surface area contributed by atoms with E-state index in [-0.39, 0.29) is 5.91 Å². The summed E-state index contributed by atoms with van der Waals surface area (Å²) >= 11 is 0. The molecule has 2 N–H and O–H groups in total. The fraction of sp³-hybridized carbons (Fsp3) is 0.833. The first-order valence-corrected chi connectivity index (χ1v) is 2.72. The first-order chi connectivity index (χ1) is 3.46. The van der Waals surface area contributed by atoms with Gasteiger partial charge in [0.15, 0.2) is 0 Å². The Labute approximate surface area is 51.1 Å². The molecule has 8 heavy (non-hydrogen) atoms. The highest BCUT2D eigenvalue weighted by Gasteiger charge is 1.68. The molecule has 0 aromatic heterocycles. The Hall–Kier alpha value is -0.530. The zero-order chi connectivity index (χ0) is 7.15. The monoisotopic (exact) mass is 117 g/mol. The van der Waals surface area contributed by atoms with Gasteiger partial charge in [-0.15, -0.1) is 0 Å². The van der Waals surface area contributed by atoms with Crippen LogP contribution < -0.4 is 5.73 Å². The van der Waals surface area contributed by atoms with Crippen molar-refractivity contribution in [2.24, 2.45) is 11.7 Å². The van der Waals surface area contributed by atoms with Crippen molar-refractivity contribution in [1.29, 1.82) is 0 Å². The minimum Gasteiger partial charge on any atom is -0.370 e. The van der Waals surface area contributed by atoms with Crippen LogP contribution in [0.15, 0.2) is 0 Å². The van der Waals surface area contributed by atoms with Crippen LogP contribution in [0.2, 0.25) is 0 Å². The number of primary amides is 1. The number of nitrogens with two attached hydrogens (primary N) is 1. The van der Waals surface area contributed by atoms with Crippen LogP contribution in [0.25, 0.3) is 0 Å². The van der Waals surface area contributed by atoms with Crippen molar-refractivity contribution in [2.75, 3.05) is 0 Å². The van der Waals surface area contributed by atoms with E-state index in [9.17, 15) is 4.79 Å². The van der Waals surface area contributed by atoms with E-state index in [1.54, 1.807) is 0 Å². The second-order valence-electron chi connectivity index (χ2n) is 2.34. The maximum atomic E-state index is 9.22. The molecule has 0 rings (SSSR count). The lowest BCUT2D eigenvalue weighted by Gasteiger charge is -1.79. The molecule has 0 aromatic rings. The Balaban J connectivity index is 0. The largest absolute Gasteiger partial charge is 0.370 e. The van der Waals surface area contributed by atoms with Gasteiger partial charge in [-0.05, 0) is 5.92 Å². The van der Waals surface area contributed by atoms with Gasteiger partial charge in [0.25, 0.3) is 0 Å². The van der Waals surface area contributed by atoms with Gasteiger partial charge in [0.2, 0.25) is 5.91 Å². The van der Waals surface area contributed by atoms with Gasteiger partial charge in [-0.2, -0.15) is 0 Å². The van der Waals surface area contributed by atoms with Crippen LogP contribution in [0.1, 0.15) is 27.7 Å². The van der Waals surface area contributed by atoms with Gasteiger partial charge in [-0.3, -0.25) is 4.79 Å². The minimum atomic E-state index is -0.333. The first-order valence-electron chi connectivity index (χ1n) is 2.72. The fourth-order valence-electron chi connectivity index (χ4n) is 0. The lowest BCUT2D eigenvalue weighted by molar-refractivity contribution is -0.115. The quantitative estimate of drug-likeness (QED) is 0.508. The standard InChI is InChI=1S/C4H10.C2H5NO/c1-4(2)3;1-2(3)4/h4H,1-3H3;1H3,(H2,3,4). The summed E-state index contributed by atoms with van der Waals surface area (Å²) < 4.78 is 0. The molecule has 0 heterocycles. The number of hydrogen-bond acceptors (Lipinski definition) is 1. The molecule has 0 unspecified atom stereocenters. The zero-order valence-corrected chi connectivity index (χ0v) is 6.06. The second-order valence-corrected chi connectivity index (χ2v) is 2.34. The molecule has 0 aromatic carbocycles. The number of carbonyl (C=O) groups is 1. The van der Waals surface area contributed by atoms with Crippen molar-refractivity contribution < 1.29 is 4.79 Å². The highest BCUT2D eigenvalue weighted by atomic mass is 16.1. The molecule has 0 bridgehead atoms. The van der Waals surface area contributed by atoms with Crippen molar-refractivity contribution >= 4 is 5.91 Å². The SMILES string of the molecule is CC(C)C.CC(N)=O. The van der Waals surface area contributed by atoms with Crippen molar-refractivity contribution in [3.63, 3.8) is 0 Å². The van der Waals surface area contributed by atoms with Gasteiger partial charge >= 0.3 is 0 Å². The third-order valence-electron chi connectivity index (χ3n) is 0. The van der Waals surface area contributed by atoms with Crippen LogP contribution in [0, 0.1) is 5.92 Å². The molecule has 2 nitrogen and oxygen atoms in total. The summed E-state index contributed by atoms with van der Waals surface area (Å²) in [5, 5.41) is 0. The lowest BCUT2D eigenvalue weighted by atomic mass is 10.3. The number of carbonyl (C=O) groups excluding carboxylic acids is 1. The summed E-state index contributed by atoms with van der Waals surface area (Å²) in [5.74, 6) is 0.500. The second kappa shape index (κ2) is 6.47. The van der Waals surface area contributed by atoms with E-state index in [0.29, 0.717) is 0 Å². The van der Waals surface area contributed by atoms with Gasteiger partial charge in [0.1, 0.15) is 0 Å². The molecule has 1 amide bonds. The Bertz CT molecular complexity index is 52.8.